The van der Waals surface area contributed by atoms with Crippen molar-refractivity contribution in [1.29, 1.82) is 0 Å². The number of amides is 1. The van der Waals surface area contributed by atoms with E-state index in [9.17, 15) is 4.79 Å². The average Bonchev–Trinajstić information content (AvgIpc) is 2.64. The predicted molar refractivity (Wildman–Crippen MR) is 94.5 cm³/mol. The molecule has 1 aliphatic heterocycles. The Morgan fingerprint density at radius 1 is 1.12 bits per heavy atom. The van der Waals surface area contributed by atoms with Crippen LogP contribution in [0, 0.1) is 0 Å². The Kier molecular flexibility index (Phi) is 5.21. The van der Waals surface area contributed by atoms with Gasteiger partial charge in [0.1, 0.15) is 17.7 Å². The predicted octanol–water partition coefficient (Wildman–Crippen LogP) is -0.215. The number of hydrogen-bond acceptors (Lipinski definition) is 9. The largest absolute Gasteiger partial charge is 0.393 e. The van der Waals surface area contributed by atoms with Gasteiger partial charge >= 0.3 is 0 Å². The van der Waals surface area contributed by atoms with Crippen LogP contribution in [0.1, 0.15) is 10.5 Å². The fourth-order valence-electron chi connectivity index (χ4n) is 2.33. The second-order valence-corrected chi connectivity index (χ2v) is 5.68. The molecule has 3 heterocycles. The van der Waals surface area contributed by atoms with Crippen molar-refractivity contribution in [3.8, 4) is 0 Å². The molecule has 1 amide bonds. The van der Waals surface area contributed by atoms with Crippen LogP contribution in [0.4, 0.5) is 17.3 Å². The maximum atomic E-state index is 12.0. The van der Waals surface area contributed by atoms with Crippen molar-refractivity contribution in [1.82, 2.24) is 30.3 Å². The van der Waals surface area contributed by atoms with Crippen molar-refractivity contribution < 1.29 is 4.79 Å². The van der Waals surface area contributed by atoms with E-state index in [-0.39, 0.29) is 5.91 Å². The molecule has 0 atom stereocenters. The summed E-state index contributed by atoms with van der Waals surface area (Å²) in [7, 11) is 2.09. The van der Waals surface area contributed by atoms with Crippen LogP contribution in [0.5, 0.6) is 0 Å². The van der Waals surface area contributed by atoms with E-state index in [1.54, 1.807) is 24.4 Å². The van der Waals surface area contributed by atoms with Gasteiger partial charge in [0.2, 0.25) is 0 Å². The van der Waals surface area contributed by atoms with Crippen LogP contribution >= 0.6 is 0 Å². The molecule has 0 spiro atoms. The van der Waals surface area contributed by atoms with E-state index in [1.807, 2.05) is 0 Å². The van der Waals surface area contributed by atoms with E-state index < -0.39 is 0 Å². The van der Waals surface area contributed by atoms with Crippen LogP contribution < -0.4 is 22.0 Å². The van der Waals surface area contributed by atoms with Crippen LogP contribution in [0.25, 0.3) is 0 Å². The van der Waals surface area contributed by atoms with Gasteiger partial charge in [-0.05, 0) is 19.2 Å². The van der Waals surface area contributed by atoms with Gasteiger partial charge in [0.05, 0.1) is 0 Å². The number of rotatable bonds is 5. The highest BCUT2D eigenvalue weighted by molar-refractivity contribution is 5.93. The first-order chi connectivity index (χ1) is 12.1. The average molecular weight is 343 g/mol. The maximum Gasteiger partial charge on any atom is 0.288 e. The third-order valence-corrected chi connectivity index (χ3v) is 3.84. The number of likely N-dealkylation sites (N-methyl/N-ethyl adjacent to an activating group) is 1. The zero-order valence-electron chi connectivity index (χ0n) is 13.9. The van der Waals surface area contributed by atoms with Crippen LogP contribution in [0.2, 0.25) is 0 Å². The molecule has 2 aromatic rings. The number of anilines is 3. The van der Waals surface area contributed by atoms with Crippen LogP contribution in [-0.4, -0.2) is 64.0 Å². The Balaban J connectivity index is 1.62. The molecular weight excluding hydrogens is 322 g/mol. The Bertz CT molecular complexity index is 716. The minimum absolute atomic E-state index is 0.290. The Morgan fingerprint density at radius 3 is 2.60 bits per heavy atom. The highest BCUT2D eigenvalue weighted by atomic mass is 16.2. The van der Waals surface area contributed by atoms with Gasteiger partial charge in [-0.2, -0.15) is 0 Å². The molecule has 3 rings (SSSR count). The summed E-state index contributed by atoms with van der Waals surface area (Å²) in [5, 5.41) is 2.05. The summed E-state index contributed by atoms with van der Waals surface area (Å²) in [6, 6.07) is 5.09. The summed E-state index contributed by atoms with van der Waals surface area (Å²) in [5.74, 6) is 0.428. The zero-order chi connectivity index (χ0) is 17.6. The van der Waals surface area contributed by atoms with Crippen LogP contribution in [0.3, 0.4) is 0 Å². The monoisotopic (exact) mass is 343 g/mol. The van der Waals surface area contributed by atoms with Gasteiger partial charge in [-0.15, -0.1) is 0 Å². The number of nitrogen functional groups attached to an aromatic ring is 1. The number of nitrogens with one attached hydrogen (secondary N) is 3. The second kappa shape index (κ2) is 7.73. The van der Waals surface area contributed by atoms with Gasteiger partial charge in [0.15, 0.2) is 11.6 Å². The standard InChI is InChI=1S/C15H21N9O/c1-23-6-8-24(9-7-23)22-14-12(16)13(18-10-19-14)20-21-15(25)11-4-2-3-5-17-11/h2-5,10H,6-9,16H2,1H3,(H,21,25)(H2,18,19,20,22). The molecule has 10 heteroatoms. The van der Waals surface area contributed by atoms with Gasteiger partial charge in [-0.1, -0.05) is 6.07 Å². The van der Waals surface area contributed by atoms with E-state index in [4.69, 9.17) is 5.73 Å². The lowest BCUT2D eigenvalue weighted by Gasteiger charge is -2.32. The molecule has 0 bridgehead atoms. The summed E-state index contributed by atoms with van der Waals surface area (Å²) in [5.41, 5.74) is 15.1. The number of carbonyl (C=O) groups excluding carboxylic acids is 1. The number of pyridine rings is 1. The molecule has 0 aliphatic carbocycles. The number of hydrazine groups is 2. The lowest BCUT2D eigenvalue weighted by molar-refractivity contribution is 0.0957. The molecule has 0 saturated carbocycles. The molecule has 5 N–H and O–H groups in total. The van der Waals surface area contributed by atoms with Crippen LogP contribution in [0.15, 0.2) is 30.7 Å². The summed E-state index contributed by atoms with van der Waals surface area (Å²) in [4.78, 5) is 26.5. The van der Waals surface area contributed by atoms with Gasteiger partial charge in [-0.25, -0.2) is 15.0 Å². The van der Waals surface area contributed by atoms with E-state index in [1.165, 1.54) is 6.33 Å². The fourth-order valence-corrected chi connectivity index (χ4v) is 2.33. The summed E-state index contributed by atoms with van der Waals surface area (Å²) in [6.07, 6.45) is 2.93. The van der Waals surface area contributed by atoms with Crippen molar-refractivity contribution in [2.45, 2.75) is 0 Å². The second-order valence-electron chi connectivity index (χ2n) is 5.68. The maximum absolute atomic E-state index is 12.0. The lowest BCUT2D eigenvalue weighted by atomic mass is 10.3. The molecule has 1 fully saturated rings. The molecule has 1 aliphatic rings. The molecule has 2 aromatic heterocycles. The summed E-state index contributed by atoms with van der Waals surface area (Å²) < 4.78 is 0. The molecular formula is C15H21N9O. The Hall–Kier alpha value is -2.98. The Labute approximate surface area is 145 Å². The molecule has 25 heavy (non-hydrogen) atoms. The number of aromatic nitrogens is 3. The van der Waals surface area contributed by atoms with Gasteiger partial charge in [0, 0.05) is 32.4 Å². The summed E-state index contributed by atoms with van der Waals surface area (Å²) in [6.45, 7) is 3.64. The minimum atomic E-state index is -0.382. The van der Waals surface area contributed by atoms with E-state index in [2.05, 4.69) is 48.2 Å². The molecule has 132 valence electrons. The van der Waals surface area contributed by atoms with E-state index in [0.717, 1.165) is 26.2 Å². The number of carbonyl (C=O) groups is 1. The van der Waals surface area contributed by atoms with Gasteiger partial charge in [-0.3, -0.25) is 20.6 Å². The first-order valence-corrected chi connectivity index (χ1v) is 7.91. The number of hydrogen-bond donors (Lipinski definition) is 4. The quantitative estimate of drug-likeness (QED) is 0.546. The van der Waals surface area contributed by atoms with Crippen molar-refractivity contribution in [2.75, 3.05) is 49.8 Å². The lowest BCUT2D eigenvalue weighted by Crippen LogP contribution is -2.47. The summed E-state index contributed by atoms with van der Waals surface area (Å²) >= 11 is 0. The first-order valence-electron chi connectivity index (χ1n) is 7.91. The number of nitrogens with zero attached hydrogens (tertiary/aromatic N) is 5. The van der Waals surface area contributed by atoms with Gasteiger partial charge in [0.25, 0.3) is 5.91 Å². The third-order valence-electron chi connectivity index (χ3n) is 3.84. The normalized spacial score (nSPS) is 15.6. The first kappa shape index (κ1) is 16.9. The SMILES string of the molecule is CN1CCN(Nc2ncnc(NNC(=O)c3ccccn3)c2N)CC1. The third kappa shape index (κ3) is 4.31. The highest BCUT2D eigenvalue weighted by Crippen LogP contribution is 2.22. The molecule has 1 saturated heterocycles. The van der Waals surface area contributed by atoms with Crippen molar-refractivity contribution in [2.24, 2.45) is 0 Å². The Morgan fingerprint density at radius 2 is 1.88 bits per heavy atom. The zero-order valence-corrected chi connectivity index (χ0v) is 13.9. The van der Waals surface area contributed by atoms with Crippen molar-refractivity contribution >= 4 is 23.2 Å². The highest BCUT2D eigenvalue weighted by Gasteiger charge is 2.16. The molecule has 10 nitrogen and oxygen atoms in total. The fraction of sp³-hybridized carbons (Fsp3) is 0.333. The topological polar surface area (TPSA) is 124 Å². The van der Waals surface area contributed by atoms with Crippen molar-refractivity contribution in [3.63, 3.8) is 0 Å². The number of nitrogens with two attached hydrogens (primary N) is 1. The molecule has 0 radical (unpaired) electrons. The minimum Gasteiger partial charge on any atom is -0.393 e. The molecule has 0 unspecified atom stereocenters. The van der Waals surface area contributed by atoms with Gasteiger partial charge < -0.3 is 16.1 Å². The smallest absolute Gasteiger partial charge is 0.288 e. The van der Waals surface area contributed by atoms with E-state index in [0.29, 0.717) is 23.0 Å². The van der Waals surface area contributed by atoms with Crippen LogP contribution in [-0.2, 0) is 0 Å². The van der Waals surface area contributed by atoms with E-state index >= 15 is 0 Å². The van der Waals surface area contributed by atoms with Crippen molar-refractivity contribution in [3.05, 3.63) is 36.4 Å². The number of piperazine rings is 1. The molecule has 0 aromatic carbocycles.